The predicted molar refractivity (Wildman–Crippen MR) is 124 cm³/mol. The van der Waals surface area contributed by atoms with Crippen LogP contribution in [0, 0.1) is 0 Å². The zero-order valence-corrected chi connectivity index (χ0v) is 21.3. The van der Waals surface area contributed by atoms with Gasteiger partial charge in [-0.05, 0) is 43.0 Å². The third-order valence-corrected chi connectivity index (χ3v) is 9.37. The first-order valence-corrected chi connectivity index (χ1v) is 13.3. The number of nitrogens with zero attached hydrogens (tertiary/aromatic N) is 1. The Hall–Kier alpha value is -3.00. The molecular formula is C24H20ClF6NO6S. The molecule has 2 aromatic carbocycles. The predicted octanol–water partition coefficient (Wildman–Crippen LogP) is 4.86. The number of amides is 1. The van der Waals surface area contributed by atoms with Gasteiger partial charge in [0.2, 0.25) is 5.91 Å². The molecule has 212 valence electrons. The van der Waals surface area contributed by atoms with Crippen LogP contribution in [-0.2, 0) is 31.0 Å². The summed E-state index contributed by atoms with van der Waals surface area (Å²) in [5.41, 5.74) is -2.34. The minimum absolute atomic E-state index is 0.0512. The van der Waals surface area contributed by atoms with Crippen molar-refractivity contribution in [3.8, 4) is 5.75 Å². The highest BCUT2D eigenvalue weighted by Gasteiger charge is 2.57. The van der Waals surface area contributed by atoms with Gasteiger partial charge in [0.05, 0.1) is 26.1 Å². The summed E-state index contributed by atoms with van der Waals surface area (Å²) in [6.07, 6.45) is -9.53. The molecule has 1 saturated heterocycles. The molecule has 1 heterocycles. The van der Waals surface area contributed by atoms with Gasteiger partial charge in [-0.1, -0.05) is 29.8 Å². The van der Waals surface area contributed by atoms with Crippen LogP contribution in [0.1, 0.15) is 30.4 Å². The van der Waals surface area contributed by atoms with E-state index in [9.17, 15) is 49.5 Å². The third kappa shape index (κ3) is 5.81. The van der Waals surface area contributed by atoms with Crippen LogP contribution in [0.5, 0.6) is 5.75 Å². The maximum absolute atomic E-state index is 13.5. The number of halogens is 7. The molecule has 2 aliphatic rings. The summed E-state index contributed by atoms with van der Waals surface area (Å²) >= 11 is 6.03. The van der Waals surface area contributed by atoms with Gasteiger partial charge in [-0.3, -0.25) is 4.79 Å². The molecule has 2 aromatic rings. The zero-order valence-electron chi connectivity index (χ0n) is 19.7. The standard InChI is InChI=1S/C24H20ClF6NO6S/c25-17-9-15(38-12-23(26,27)28)4-5-19(17)39(36,37)16-10-18(20(33)34)32(11-16)21(35)22(6-7-22)13-2-1-3-14(8-13)24(29,30)31/h1-5,8-9,16,18H,6-7,10-12H2,(H,33,34). The van der Waals surface area contributed by atoms with Crippen LogP contribution in [-0.4, -0.2) is 60.9 Å². The Bertz CT molecular complexity index is 1410. The summed E-state index contributed by atoms with van der Waals surface area (Å²) in [6.45, 7) is -2.20. The first kappa shape index (κ1) is 29.0. The molecule has 2 fully saturated rings. The fourth-order valence-corrected chi connectivity index (χ4v) is 6.88. The van der Waals surface area contributed by atoms with E-state index in [0.717, 1.165) is 41.3 Å². The normalized spacial score (nSPS) is 21.1. The lowest BCUT2D eigenvalue weighted by Gasteiger charge is -2.27. The SMILES string of the molecule is O=C(O)C1CC(S(=O)(=O)c2ccc(OCC(F)(F)F)cc2Cl)CN1C(=O)C1(c2cccc(C(F)(F)F)c2)CC1. The molecule has 2 unspecified atom stereocenters. The second-order valence-electron chi connectivity index (χ2n) is 9.37. The molecule has 1 saturated carbocycles. The number of ether oxygens (including phenoxy) is 1. The highest BCUT2D eigenvalue weighted by Crippen LogP contribution is 2.51. The monoisotopic (exact) mass is 599 g/mol. The molecule has 0 radical (unpaired) electrons. The van der Waals surface area contributed by atoms with E-state index in [1.165, 1.54) is 6.07 Å². The van der Waals surface area contributed by atoms with Crippen molar-refractivity contribution >= 4 is 33.3 Å². The van der Waals surface area contributed by atoms with Gasteiger partial charge in [-0.2, -0.15) is 26.3 Å². The van der Waals surface area contributed by atoms with Gasteiger partial charge in [0.15, 0.2) is 16.4 Å². The van der Waals surface area contributed by atoms with Crippen molar-refractivity contribution in [3.63, 3.8) is 0 Å². The number of carboxylic acid groups (broad SMARTS) is 1. The molecule has 2 atom stereocenters. The van der Waals surface area contributed by atoms with Crippen molar-refractivity contribution in [3.05, 3.63) is 58.6 Å². The average molecular weight is 600 g/mol. The fourth-order valence-electron chi connectivity index (χ4n) is 4.65. The van der Waals surface area contributed by atoms with E-state index in [1.54, 1.807) is 0 Å². The van der Waals surface area contributed by atoms with Gasteiger partial charge >= 0.3 is 18.3 Å². The smallest absolute Gasteiger partial charge is 0.422 e. The summed E-state index contributed by atoms with van der Waals surface area (Å²) in [7, 11) is -4.39. The zero-order chi connectivity index (χ0) is 29.0. The molecule has 39 heavy (non-hydrogen) atoms. The Morgan fingerprint density at radius 3 is 2.28 bits per heavy atom. The second-order valence-corrected chi connectivity index (χ2v) is 12.0. The van der Waals surface area contributed by atoms with E-state index in [2.05, 4.69) is 4.74 Å². The quantitative estimate of drug-likeness (QED) is 0.456. The van der Waals surface area contributed by atoms with Gasteiger partial charge in [0, 0.05) is 12.6 Å². The number of likely N-dealkylation sites (tertiary alicyclic amines) is 1. The highest BCUT2D eigenvalue weighted by molar-refractivity contribution is 7.92. The number of carbonyl (C=O) groups is 2. The van der Waals surface area contributed by atoms with Gasteiger partial charge in [0.1, 0.15) is 11.8 Å². The maximum atomic E-state index is 13.5. The van der Waals surface area contributed by atoms with Crippen molar-refractivity contribution in [1.82, 2.24) is 4.90 Å². The first-order valence-electron chi connectivity index (χ1n) is 11.4. The number of carbonyl (C=O) groups excluding carboxylic acids is 1. The molecule has 1 aliphatic heterocycles. The molecule has 1 N–H and O–H groups in total. The van der Waals surface area contributed by atoms with Crippen LogP contribution in [0.25, 0.3) is 0 Å². The Morgan fingerprint density at radius 1 is 1.08 bits per heavy atom. The van der Waals surface area contributed by atoms with Crippen molar-refractivity contribution in [1.29, 1.82) is 0 Å². The largest absolute Gasteiger partial charge is 0.484 e. The average Bonchev–Trinajstić information content (AvgIpc) is 3.51. The molecule has 15 heteroatoms. The Balaban J connectivity index is 1.60. The van der Waals surface area contributed by atoms with Gasteiger partial charge in [-0.15, -0.1) is 0 Å². The van der Waals surface area contributed by atoms with Crippen molar-refractivity contribution in [2.24, 2.45) is 0 Å². The Kier molecular flexibility index (Phi) is 7.34. The molecule has 0 aromatic heterocycles. The van der Waals surface area contributed by atoms with Crippen molar-refractivity contribution in [2.45, 2.75) is 53.2 Å². The summed E-state index contributed by atoms with van der Waals surface area (Å²) in [5, 5.41) is 7.83. The van der Waals surface area contributed by atoms with E-state index in [1.807, 2.05) is 0 Å². The number of benzene rings is 2. The van der Waals surface area contributed by atoms with Crippen LogP contribution in [0.15, 0.2) is 47.4 Å². The number of aliphatic carboxylic acids is 1. The van der Waals surface area contributed by atoms with Crippen LogP contribution in [0.4, 0.5) is 26.3 Å². The van der Waals surface area contributed by atoms with E-state index < -0.39 is 85.8 Å². The van der Waals surface area contributed by atoms with Crippen molar-refractivity contribution < 1.29 is 54.2 Å². The van der Waals surface area contributed by atoms with Gasteiger partial charge in [0.25, 0.3) is 0 Å². The van der Waals surface area contributed by atoms with E-state index >= 15 is 0 Å². The summed E-state index contributed by atoms with van der Waals surface area (Å²) in [4.78, 5) is 25.9. The van der Waals surface area contributed by atoms with Crippen LogP contribution < -0.4 is 4.74 Å². The van der Waals surface area contributed by atoms with E-state index in [4.69, 9.17) is 11.6 Å². The van der Waals surface area contributed by atoms with Crippen LogP contribution in [0.2, 0.25) is 5.02 Å². The fraction of sp³-hybridized carbons (Fsp3) is 0.417. The van der Waals surface area contributed by atoms with Crippen LogP contribution >= 0.6 is 11.6 Å². The third-order valence-electron chi connectivity index (χ3n) is 6.76. The lowest BCUT2D eigenvalue weighted by Crippen LogP contribution is -2.46. The van der Waals surface area contributed by atoms with Crippen LogP contribution in [0.3, 0.4) is 0 Å². The molecule has 4 rings (SSSR count). The van der Waals surface area contributed by atoms with Gasteiger partial charge in [-0.25, -0.2) is 13.2 Å². The van der Waals surface area contributed by atoms with Crippen molar-refractivity contribution in [2.75, 3.05) is 13.2 Å². The molecule has 1 amide bonds. The molecular weight excluding hydrogens is 580 g/mol. The Labute approximate surface area is 223 Å². The minimum atomic E-state index is -4.67. The number of sulfone groups is 1. The number of carboxylic acids is 1. The lowest BCUT2D eigenvalue weighted by molar-refractivity contribution is -0.153. The first-order chi connectivity index (χ1) is 18.0. The molecule has 0 bridgehead atoms. The number of hydrogen-bond donors (Lipinski definition) is 1. The Morgan fingerprint density at radius 2 is 1.74 bits per heavy atom. The highest BCUT2D eigenvalue weighted by atomic mass is 35.5. The summed E-state index contributed by atoms with van der Waals surface area (Å²) < 4.78 is 108. The maximum Gasteiger partial charge on any atom is 0.422 e. The second kappa shape index (κ2) is 9.88. The number of hydrogen-bond acceptors (Lipinski definition) is 5. The number of rotatable bonds is 7. The number of alkyl halides is 6. The lowest BCUT2D eigenvalue weighted by atomic mass is 9.92. The molecule has 1 aliphatic carbocycles. The van der Waals surface area contributed by atoms with Gasteiger partial charge < -0.3 is 14.7 Å². The molecule has 0 spiro atoms. The summed E-state index contributed by atoms with van der Waals surface area (Å²) in [5.74, 6) is -2.64. The summed E-state index contributed by atoms with van der Waals surface area (Å²) in [6, 6.07) is 5.33. The van der Waals surface area contributed by atoms with E-state index in [-0.39, 0.29) is 24.2 Å². The van der Waals surface area contributed by atoms with E-state index in [0.29, 0.717) is 0 Å². The molecule has 7 nitrogen and oxygen atoms in total. The topological polar surface area (TPSA) is 101 Å². The minimum Gasteiger partial charge on any atom is -0.484 e.